The molecule has 0 radical (unpaired) electrons. The Morgan fingerprint density at radius 2 is 1.50 bits per heavy atom. The molecule has 2 aromatic rings. The molecule has 0 fully saturated rings. The molecule has 0 spiro atoms. The Bertz CT molecular complexity index is 656. The largest absolute Gasteiger partial charge is 0.494 e. The summed E-state index contributed by atoms with van der Waals surface area (Å²) in [4.78, 5) is 23.4. The molecule has 0 saturated heterocycles. The molecule has 0 aliphatic carbocycles. The van der Waals surface area contributed by atoms with Gasteiger partial charge in [-0.15, -0.1) is 0 Å². The van der Waals surface area contributed by atoms with Gasteiger partial charge in [-0.25, -0.2) is 0 Å². The summed E-state index contributed by atoms with van der Waals surface area (Å²) >= 11 is 0. The first-order valence-corrected chi connectivity index (χ1v) is 7.69. The summed E-state index contributed by atoms with van der Waals surface area (Å²) in [6.45, 7) is 2.73. The molecule has 2 amide bonds. The van der Waals surface area contributed by atoms with Gasteiger partial charge in [-0.1, -0.05) is 18.2 Å². The average molecular weight is 328 g/mol. The second-order valence-corrected chi connectivity index (χ2v) is 4.87. The monoisotopic (exact) mass is 328 g/mol. The van der Waals surface area contributed by atoms with Crippen LogP contribution in [0.1, 0.15) is 23.7 Å². The van der Waals surface area contributed by atoms with E-state index in [0.717, 1.165) is 5.75 Å². The van der Waals surface area contributed by atoms with E-state index in [1.165, 1.54) is 0 Å². The van der Waals surface area contributed by atoms with E-state index >= 15 is 0 Å². The van der Waals surface area contributed by atoms with Gasteiger partial charge in [-0.3, -0.25) is 20.4 Å². The second-order valence-electron chi connectivity index (χ2n) is 4.87. The smallest absolute Gasteiger partial charge is 0.269 e. The maximum Gasteiger partial charge on any atom is 0.269 e. The van der Waals surface area contributed by atoms with Gasteiger partial charge in [0.1, 0.15) is 11.5 Å². The summed E-state index contributed by atoms with van der Waals surface area (Å²) < 4.78 is 10.8. The third kappa shape index (κ3) is 5.64. The van der Waals surface area contributed by atoms with Crippen molar-refractivity contribution in [3.8, 4) is 11.5 Å². The number of benzene rings is 2. The van der Waals surface area contributed by atoms with Crippen molar-refractivity contribution in [3.05, 3.63) is 60.2 Å². The van der Waals surface area contributed by atoms with Crippen LogP contribution in [-0.2, 0) is 4.79 Å². The maximum absolute atomic E-state index is 11.8. The number of ether oxygens (including phenoxy) is 2. The molecule has 0 unspecified atom stereocenters. The van der Waals surface area contributed by atoms with Crippen molar-refractivity contribution in [3.63, 3.8) is 0 Å². The van der Waals surface area contributed by atoms with Gasteiger partial charge in [-0.05, 0) is 43.3 Å². The molecule has 126 valence electrons. The molecule has 0 bridgehead atoms. The highest BCUT2D eigenvalue weighted by atomic mass is 16.5. The molecular weight excluding hydrogens is 308 g/mol. The molecule has 0 aliphatic heterocycles. The van der Waals surface area contributed by atoms with Crippen LogP contribution in [0.4, 0.5) is 0 Å². The quantitative estimate of drug-likeness (QED) is 0.765. The minimum absolute atomic E-state index is 0.127. The van der Waals surface area contributed by atoms with Crippen LogP contribution >= 0.6 is 0 Å². The van der Waals surface area contributed by atoms with E-state index in [0.29, 0.717) is 17.9 Å². The van der Waals surface area contributed by atoms with Crippen molar-refractivity contribution in [1.82, 2.24) is 10.9 Å². The second kappa shape index (κ2) is 9.19. The molecule has 2 N–H and O–H groups in total. The third-order valence-corrected chi connectivity index (χ3v) is 3.08. The first-order chi connectivity index (χ1) is 11.7. The Kier molecular flexibility index (Phi) is 6.64. The molecular formula is C18H20N2O4. The molecule has 24 heavy (non-hydrogen) atoms. The number of amides is 2. The zero-order valence-corrected chi connectivity index (χ0v) is 13.5. The number of carbonyl (C=O) groups is 2. The van der Waals surface area contributed by atoms with Crippen LogP contribution in [0.2, 0.25) is 0 Å². The Morgan fingerprint density at radius 3 is 2.12 bits per heavy atom. The summed E-state index contributed by atoms with van der Waals surface area (Å²) in [5, 5.41) is 0. The molecule has 6 heteroatoms. The number of nitrogens with one attached hydrogen (secondary N) is 2. The lowest BCUT2D eigenvalue weighted by atomic mass is 10.2. The highest BCUT2D eigenvalue weighted by Crippen LogP contribution is 2.17. The Hall–Kier alpha value is -3.02. The van der Waals surface area contributed by atoms with E-state index in [-0.39, 0.29) is 24.8 Å². The lowest BCUT2D eigenvalue weighted by molar-refractivity contribution is -0.122. The topological polar surface area (TPSA) is 76.7 Å². The Morgan fingerprint density at radius 1 is 0.875 bits per heavy atom. The van der Waals surface area contributed by atoms with E-state index in [4.69, 9.17) is 9.47 Å². The molecule has 2 aromatic carbocycles. The standard InChI is InChI=1S/C18H20N2O4/c1-2-23-15-8-10-16(11-9-15)24-13-12-17(21)19-20-18(22)14-6-4-3-5-7-14/h3-11H,2,12-13H2,1H3,(H,19,21)(H,20,22). The zero-order valence-electron chi connectivity index (χ0n) is 13.5. The molecule has 0 saturated carbocycles. The minimum Gasteiger partial charge on any atom is -0.494 e. The van der Waals surface area contributed by atoms with Gasteiger partial charge in [0.05, 0.1) is 19.6 Å². The van der Waals surface area contributed by atoms with Crippen molar-refractivity contribution < 1.29 is 19.1 Å². The van der Waals surface area contributed by atoms with E-state index < -0.39 is 0 Å². The fraction of sp³-hybridized carbons (Fsp3) is 0.222. The number of hydrogen-bond donors (Lipinski definition) is 2. The van der Waals surface area contributed by atoms with E-state index in [1.54, 1.807) is 48.5 Å². The molecule has 0 heterocycles. The van der Waals surface area contributed by atoms with Crippen LogP contribution in [0.3, 0.4) is 0 Å². The van der Waals surface area contributed by atoms with Gasteiger partial charge in [0.2, 0.25) is 5.91 Å². The normalized spacial score (nSPS) is 9.88. The third-order valence-electron chi connectivity index (χ3n) is 3.08. The Balaban J connectivity index is 1.67. The fourth-order valence-corrected chi connectivity index (χ4v) is 1.91. The molecule has 6 nitrogen and oxygen atoms in total. The first kappa shape index (κ1) is 17.3. The van der Waals surface area contributed by atoms with Crippen LogP contribution in [0.25, 0.3) is 0 Å². The van der Waals surface area contributed by atoms with Gasteiger partial charge in [-0.2, -0.15) is 0 Å². The van der Waals surface area contributed by atoms with Crippen LogP contribution in [0.15, 0.2) is 54.6 Å². The number of rotatable bonds is 7. The predicted molar refractivity (Wildman–Crippen MR) is 89.8 cm³/mol. The molecule has 0 aliphatic rings. The van der Waals surface area contributed by atoms with E-state index in [2.05, 4.69) is 10.9 Å². The summed E-state index contributed by atoms with van der Waals surface area (Å²) in [6, 6.07) is 15.8. The maximum atomic E-state index is 11.8. The van der Waals surface area contributed by atoms with Crippen molar-refractivity contribution in [2.75, 3.05) is 13.2 Å². The van der Waals surface area contributed by atoms with Gasteiger partial charge < -0.3 is 9.47 Å². The summed E-state index contributed by atoms with van der Waals surface area (Å²) in [7, 11) is 0. The average Bonchev–Trinajstić information content (AvgIpc) is 2.62. The summed E-state index contributed by atoms with van der Waals surface area (Å²) in [5.74, 6) is 0.729. The van der Waals surface area contributed by atoms with Gasteiger partial charge in [0, 0.05) is 5.56 Å². The SMILES string of the molecule is CCOc1ccc(OCCC(=O)NNC(=O)c2ccccc2)cc1. The van der Waals surface area contributed by atoms with Crippen LogP contribution in [-0.4, -0.2) is 25.0 Å². The lowest BCUT2D eigenvalue weighted by Crippen LogP contribution is -2.42. The fourth-order valence-electron chi connectivity index (χ4n) is 1.91. The number of hydrazine groups is 1. The van der Waals surface area contributed by atoms with E-state index in [1.807, 2.05) is 13.0 Å². The lowest BCUT2D eigenvalue weighted by Gasteiger charge is -2.09. The van der Waals surface area contributed by atoms with Crippen LogP contribution in [0, 0.1) is 0 Å². The first-order valence-electron chi connectivity index (χ1n) is 7.69. The number of carbonyl (C=O) groups excluding carboxylic acids is 2. The zero-order chi connectivity index (χ0) is 17.2. The van der Waals surface area contributed by atoms with Gasteiger partial charge in [0.25, 0.3) is 5.91 Å². The summed E-state index contributed by atoms with van der Waals surface area (Å²) in [5.41, 5.74) is 5.19. The van der Waals surface area contributed by atoms with Crippen molar-refractivity contribution in [2.24, 2.45) is 0 Å². The predicted octanol–water partition coefficient (Wildman–Crippen LogP) is 2.32. The van der Waals surface area contributed by atoms with E-state index in [9.17, 15) is 9.59 Å². The van der Waals surface area contributed by atoms with Crippen molar-refractivity contribution in [2.45, 2.75) is 13.3 Å². The molecule has 0 aromatic heterocycles. The van der Waals surface area contributed by atoms with Crippen LogP contribution < -0.4 is 20.3 Å². The Labute approximate surface area is 140 Å². The van der Waals surface area contributed by atoms with Gasteiger partial charge >= 0.3 is 0 Å². The van der Waals surface area contributed by atoms with Crippen LogP contribution in [0.5, 0.6) is 11.5 Å². The molecule has 2 rings (SSSR count). The summed E-state index contributed by atoms with van der Waals surface area (Å²) in [6.07, 6.45) is 0.127. The highest BCUT2D eigenvalue weighted by molar-refractivity contribution is 5.95. The van der Waals surface area contributed by atoms with Crippen molar-refractivity contribution >= 4 is 11.8 Å². The number of hydrogen-bond acceptors (Lipinski definition) is 4. The van der Waals surface area contributed by atoms with Gasteiger partial charge in [0.15, 0.2) is 0 Å². The van der Waals surface area contributed by atoms with Crippen molar-refractivity contribution in [1.29, 1.82) is 0 Å². The highest BCUT2D eigenvalue weighted by Gasteiger charge is 2.07. The molecule has 0 atom stereocenters. The minimum atomic E-state index is -0.364.